The van der Waals surface area contributed by atoms with E-state index in [4.69, 9.17) is 11.6 Å². The van der Waals surface area contributed by atoms with E-state index in [1.54, 1.807) is 46.2 Å². The number of amides is 3. The summed E-state index contributed by atoms with van der Waals surface area (Å²) in [7, 11) is 0. The molecule has 2 aliphatic heterocycles. The number of carbonyl (C=O) groups is 2. The number of aryl methyl sites for hydroxylation is 1. The lowest BCUT2D eigenvalue weighted by atomic mass is 10.0. The fourth-order valence-electron chi connectivity index (χ4n) is 4.77. The Labute approximate surface area is 213 Å². The van der Waals surface area contributed by atoms with Crippen LogP contribution >= 0.6 is 23.4 Å². The highest BCUT2D eigenvalue weighted by Crippen LogP contribution is 2.60. The SMILES string of the molecule is Cc1ccc2c(c1)[C@]1(SC(C)(C)CN1C(=O)Nc1ccc(Cl)cc1)C(=O)N2Cc1ccc(F)cc1. The highest BCUT2D eigenvalue weighted by Gasteiger charge is 2.63. The zero-order valence-electron chi connectivity index (χ0n) is 19.6. The molecule has 1 saturated heterocycles. The zero-order chi connectivity index (χ0) is 25.0. The number of urea groups is 1. The first kappa shape index (κ1) is 23.7. The number of nitrogens with zero attached hydrogens (tertiary/aromatic N) is 2. The van der Waals surface area contributed by atoms with Crippen molar-refractivity contribution in [1.29, 1.82) is 0 Å². The van der Waals surface area contributed by atoms with Crippen LogP contribution in [-0.4, -0.2) is 28.1 Å². The van der Waals surface area contributed by atoms with Gasteiger partial charge in [0.15, 0.2) is 4.87 Å². The molecule has 5 nitrogen and oxygen atoms in total. The Morgan fingerprint density at radius 1 is 1.09 bits per heavy atom. The molecular weight excluding hydrogens is 485 g/mol. The average Bonchev–Trinajstić information content (AvgIpc) is 3.23. The number of halogens is 2. The minimum Gasteiger partial charge on any atom is -0.308 e. The summed E-state index contributed by atoms with van der Waals surface area (Å²) >= 11 is 7.49. The van der Waals surface area contributed by atoms with Gasteiger partial charge in [-0.3, -0.25) is 9.69 Å². The van der Waals surface area contributed by atoms with Crippen molar-refractivity contribution in [1.82, 2.24) is 4.90 Å². The fraction of sp³-hybridized carbons (Fsp3) is 0.259. The molecule has 3 aromatic carbocycles. The van der Waals surface area contributed by atoms with Crippen molar-refractivity contribution in [3.8, 4) is 0 Å². The fourth-order valence-corrected chi connectivity index (χ4v) is 6.62. The summed E-state index contributed by atoms with van der Waals surface area (Å²) < 4.78 is 13.1. The van der Waals surface area contributed by atoms with Crippen LogP contribution in [0.3, 0.4) is 0 Å². The van der Waals surface area contributed by atoms with Gasteiger partial charge in [-0.1, -0.05) is 41.4 Å². The van der Waals surface area contributed by atoms with E-state index in [1.165, 1.54) is 23.9 Å². The van der Waals surface area contributed by atoms with Crippen molar-refractivity contribution in [2.75, 3.05) is 16.8 Å². The lowest BCUT2D eigenvalue weighted by Gasteiger charge is -2.33. The van der Waals surface area contributed by atoms with Gasteiger partial charge in [0.05, 0.1) is 12.2 Å². The largest absolute Gasteiger partial charge is 0.323 e. The summed E-state index contributed by atoms with van der Waals surface area (Å²) in [6.45, 7) is 6.73. The Kier molecular flexibility index (Phi) is 5.80. The molecule has 1 N–H and O–H groups in total. The number of rotatable bonds is 3. The van der Waals surface area contributed by atoms with Crippen LogP contribution in [0.15, 0.2) is 66.7 Å². The van der Waals surface area contributed by atoms with Crippen LogP contribution in [0.25, 0.3) is 0 Å². The predicted octanol–water partition coefficient (Wildman–Crippen LogP) is 6.55. The molecule has 2 heterocycles. The third kappa shape index (κ3) is 4.17. The molecule has 180 valence electrons. The quantitative estimate of drug-likeness (QED) is 0.435. The monoisotopic (exact) mass is 509 g/mol. The smallest absolute Gasteiger partial charge is 0.308 e. The van der Waals surface area contributed by atoms with Crippen molar-refractivity contribution in [2.24, 2.45) is 0 Å². The number of hydrogen-bond acceptors (Lipinski definition) is 3. The van der Waals surface area contributed by atoms with Gasteiger partial charge in [-0.15, -0.1) is 11.8 Å². The topological polar surface area (TPSA) is 52.7 Å². The number of hydrogen-bond donors (Lipinski definition) is 1. The molecule has 0 radical (unpaired) electrons. The molecular formula is C27H25ClFN3O2S. The van der Waals surface area contributed by atoms with Gasteiger partial charge in [-0.05, 0) is 68.8 Å². The number of benzene rings is 3. The van der Waals surface area contributed by atoms with Crippen LogP contribution in [0.2, 0.25) is 5.02 Å². The predicted molar refractivity (Wildman–Crippen MR) is 139 cm³/mol. The number of anilines is 2. The van der Waals surface area contributed by atoms with Gasteiger partial charge >= 0.3 is 6.03 Å². The lowest BCUT2D eigenvalue weighted by Crippen LogP contribution is -2.51. The Balaban J connectivity index is 1.57. The highest BCUT2D eigenvalue weighted by atomic mass is 35.5. The van der Waals surface area contributed by atoms with Crippen LogP contribution in [0.1, 0.15) is 30.5 Å². The minimum atomic E-state index is -1.21. The van der Waals surface area contributed by atoms with E-state index in [9.17, 15) is 14.0 Å². The van der Waals surface area contributed by atoms with Gasteiger partial charge < -0.3 is 10.2 Å². The number of fused-ring (bicyclic) bond motifs is 2. The number of nitrogens with one attached hydrogen (secondary N) is 1. The third-order valence-corrected chi connectivity index (χ3v) is 8.12. The lowest BCUT2D eigenvalue weighted by molar-refractivity contribution is -0.123. The minimum absolute atomic E-state index is 0.177. The Morgan fingerprint density at radius 3 is 2.46 bits per heavy atom. The summed E-state index contributed by atoms with van der Waals surface area (Å²) in [6.07, 6.45) is 0. The zero-order valence-corrected chi connectivity index (χ0v) is 21.2. The molecule has 1 fully saturated rings. The van der Waals surface area contributed by atoms with E-state index < -0.39 is 4.87 Å². The summed E-state index contributed by atoms with van der Waals surface area (Å²) in [5.41, 5.74) is 3.97. The van der Waals surface area contributed by atoms with Gasteiger partial charge in [0.1, 0.15) is 5.82 Å². The summed E-state index contributed by atoms with van der Waals surface area (Å²) in [5, 5.41) is 3.51. The molecule has 0 aliphatic carbocycles. The summed E-state index contributed by atoms with van der Waals surface area (Å²) in [4.78, 5) is 30.1. The van der Waals surface area contributed by atoms with Crippen molar-refractivity contribution < 1.29 is 14.0 Å². The van der Waals surface area contributed by atoms with Crippen LogP contribution in [0.4, 0.5) is 20.6 Å². The number of thioether (sulfide) groups is 1. The standard InChI is InChI=1S/C27H25ClFN3O2S/c1-17-4-13-23-22(14-17)27(24(33)31(23)15-18-5-9-20(29)10-6-18)32(16-26(2,3)35-27)25(34)30-21-11-7-19(28)8-12-21/h4-14H,15-16H2,1-3H3,(H,30,34)/t27-/m0/s1. The van der Waals surface area contributed by atoms with E-state index in [1.807, 2.05) is 39.0 Å². The van der Waals surface area contributed by atoms with Crippen molar-refractivity contribution in [2.45, 2.75) is 36.9 Å². The molecule has 0 aromatic heterocycles. The van der Waals surface area contributed by atoms with E-state index >= 15 is 0 Å². The van der Waals surface area contributed by atoms with E-state index in [0.29, 0.717) is 17.3 Å². The van der Waals surface area contributed by atoms with Gasteiger partial charge in [-0.25, -0.2) is 9.18 Å². The molecule has 2 aliphatic rings. The van der Waals surface area contributed by atoms with Gasteiger partial charge in [0.25, 0.3) is 5.91 Å². The molecule has 8 heteroatoms. The molecule has 3 amide bonds. The molecule has 1 spiro atoms. The Hall–Kier alpha value is -3.03. The molecule has 0 unspecified atom stereocenters. The van der Waals surface area contributed by atoms with E-state index in [-0.39, 0.29) is 29.0 Å². The highest BCUT2D eigenvalue weighted by molar-refractivity contribution is 8.02. The maximum Gasteiger partial charge on any atom is 0.323 e. The number of carbonyl (C=O) groups excluding carboxylic acids is 2. The van der Waals surface area contributed by atoms with Crippen molar-refractivity contribution in [3.63, 3.8) is 0 Å². The van der Waals surface area contributed by atoms with E-state index in [0.717, 1.165) is 22.4 Å². The normalized spacial score (nSPS) is 20.4. The Bertz CT molecular complexity index is 1310. The molecule has 3 aromatic rings. The maximum absolute atomic E-state index is 14.3. The van der Waals surface area contributed by atoms with E-state index in [2.05, 4.69) is 5.32 Å². The first-order valence-electron chi connectivity index (χ1n) is 11.3. The average molecular weight is 510 g/mol. The van der Waals surface area contributed by atoms with Crippen LogP contribution < -0.4 is 10.2 Å². The van der Waals surface area contributed by atoms with Gasteiger partial charge in [-0.2, -0.15) is 0 Å². The first-order valence-corrected chi connectivity index (χ1v) is 12.5. The van der Waals surface area contributed by atoms with Crippen LogP contribution in [0, 0.1) is 12.7 Å². The summed E-state index contributed by atoms with van der Waals surface area (Å²) in [6, 6.07) is 18.6. The molecule has 1 atom stereocenters. The molecule has 0 bridgehead atoms. The second kappa shape index (κ2) is 8.57. The molecule has 35 heavy (non-hydrogen) atoms. The summed E-state index contributed by atoms with van der Waals surface area (Å²) in [5.74, 6) is -0.503. The second-order valence-corrected chi connectivity index (χ2v) is 11.9. The first-order chi connectivity index (χ1) is 16.6. The van der Waals surface area contributed by atoms with Gasteiger partial charge in [0.2, 0.25) is 0 Å². The van der Waals surface area contributed by atoms with Crippen molar-refractivity contribution >= 4 is 46.7 Å². The van der Waals surface area contributed by atoms with Crippen LogP contribution in [-0.2, 0) is 16.2 Å². The third-order valence-electron chi connectivity index (χ3n) is 6.28. The second-order valence-electron chi connectivity index (χ2n) is 9.57. The maximum atomic E-state index is 14.3. The Morgan fingerprint density at radius 2 is 1.77 bits per heavy atom. The van der Waals surface area contributed by atoms with Crippen LogP contribution in [0.5, 0.6) is 0 Å². The van der Waals surface area contributed by atoms with Gasteiger partial charge in [0, 0.05) is 27.6 Å². The molecule has 5 rings (SSSR count). The van der Waals surface area contributed by atoms with Crippen molar-refractivity contribution in [3.05, 3.63) is 94.3 Å². The molecule has 0 saturated carbocycles.